The zero-order valence-corrected chi connectivity index (χ0v) is 18.9. The van der Waals surface area contributed by atoms with E-state index >= 15 is 0 Å². The van der Waals surface area contributed by atoms with Crippen molar-refractivity contribution in [1.82, 2.24) is 20.2 Å². The second-order valence-corrected chi connectivity index (χ2v) is 8.94. The Hall–Kier alpha value is -3.04. The highest BCUT2D eigenvalue weighted by atomic mass is 16.3. The first-order valence-corrected chi connectivity index (χ1v) is 11.4. The smallest absolute Gasteiger partial charge is 0.252 e. The summed E-state index contributed by atoms with van der Waals surface area (Å²) in [5, 5.41) is 23.3. The van der Waals surface area contributed by atoms with Crippen LogP contribution in [0.25, 0.3) is 0 Å². The van der Waals surface area contributed by atoms with Crippen LogP contribution in [0.3, 0.4) is 0 Å². The molecule has 0 bridgehead atoms. The zero-order valence-electron chi connectivity index (χ0n) is 18.9. The Bertz CT molecular complexity index is 967. The lowest BCUT2D eigenvalue weighted by atomic mass is 9.96. The molecule has 3 heterocycles. The van der Waals surface area contributed by atoms with Crippen LogP contribution in [0.4, 0.5) is 5.82 Å². The molecule has 2 atom stereocenters. The minimum Gasteiger partial charge on any atom is -0.383 e. The first-order valence-electron chi connectivity index (χ1n) is 11.4. The van der Waals surface area contributed by atoms with E-state index in [0.29, 0.717) is 25.6 Å². The summed E-state index contributed by atoms with van der Waals surface area (Å²) in [6.45, 7) is 4.99. The van der Waals surface area contributed by atoms with Crippen molar-refractivity contribution in [1.29, 1.82) is 0 Å². The predicted octanol–water partition coefficient (Wildman–Crippen LogP) is 0.772. The molecule has 3 N–H and O–H groups in total. The van der Waals surface area contributed by atoms with E-state index in [-0.39, 0.29) is 6.42 Å². The molecule has 4 rings (SSSR count). The van der Waals surface area contributed by atoms with E-state index < -0.39 is 24.0 Å². The molecule has 176 valence electrons. The van der Waals surface area contributed by atoms with Gasteiger partial charge in [-0.15, -0.1) is 0 Å². The van der Waals surface area contributed by atoms with Crippen LogP contribution in [0, 0.1) is 12.8 Å². The van der Waals surface area contributed by atoms with E-state index in [2.05, 4.69) is 20.2 Å². The van der Waals surface area contributed by atoms with Gasteiger partial charge in [0.25, 0.3) is 5.91 Å². The topological polar surface area (TPSA) is 119 Å². The van der Waals surface area contributed by atoms with Crippen molar-refractivity contribution in [2.45, 2.75) is 51.5 Å². The Labute approximate surface area is 193 Å². The van der Waals surface area contributed by atoms with Gasteiger partial charge < -0.3 is 25.3 Å². The molecule has 0 radical (unpaired) electrons. The van der Waals surface area contributed by atoms with Crippen molar-refractivity contribution in [3.05, 3.63) is 53.5 Å². The molecule has 0 saturated carbocycles. The number of aliphatic hydroxyl groups is 2. The molecule has 2 amide bonds. The monoisotopic (exact) mass is 453 g/mol. The first-order chi connectivity index (χ1) is 15.9. The summed E-state index contributed by atoms with van der Waals surface area (Å²) in [4.78, 5) is 37.1. The Morgan fingerprint density at radius 3 is 2.42 bits per heavy atom. The average molecular weight is 454 g/mol. The standard InChI is InChI=1S/C24H31N5O4/c1-16-11-25-15-27-22(16)28-8-6-17(7-9-28)12-26-23(32)20(30)10-21(31)24(33)29-13-18-4-2-3-5-19(18)14-29/h2-5,11,15,17,20-21,30-31H,6-10,12-14H2,1H3,(H,26,32). The van der Waals surface area contributed by atoms with E-state index in [0.717, 1.165) is 48.4 Å². The predicted molar refractivity (Wildman–Crippen MR) is 122 cm³/mol. The van der Waals surface area contributed by atoms with Crippen molar-refractivity contribution in [3.63, 3.8) is 0 Å². The minimum atomic E-state index is -1.43. The second-order valence-electron chi connectivity index (χ2n) is 8.94. The molecule has 9 heteroatoms. The van der Waals surface area contributed by atoms with Crippen LogP contribution in [-0.2, 0) is 22.7 Å². The number of nitrogens with one attached hydrogen (secondary N) is 1. The molecule has 1 aromatic heterocycles. The number of aryl methyl sites for hydroxylation is 1. The molecule has 2 aromatic rings. The van der Waals surface area contributed by atoms with Gasteiger partial charge in [0, 0.05) is 50.9 Å². The molecule has 2 aliphatic rings. The number of fused-ring (bicyclic) bond motifs is 1. The highest BCUT2D eigenvalue weighted by molar-refractivity contribution is 5.84. The Morgan fingerprint density at radius 2 is 1.79 bits per heavy atom. The number of hydrogen-bond donors (Lipinski definition) is 3. The van der Waals surface area contributed by atoms with Gasteiger partial charge in [-0.05, 0) is 36.8 Å². The second kappa shape index (κ2) is 10.3. The third-order valence-corrected chi connectivity index (χ3v) is 6.53. The van der Waals surface area contributed by atoms with Crippen molar-refractivity contribution < 1.29 is 19.8 Å². The lowest BCUT2D eigenvalue weighted by molar-refractivity contribution is -0.144. The van der Waals surface area contributed by atoms with E-state index in [1.54, 1.807) is 17.4 Å². The van der Waals surface area contributed by atoms with Gasteiger partial charge >= 0.3 is 0 Å². The third-order valence-electron chi connectivity index (χ3n) is 6.53. The maximum Gasteiger partial charge on any atom is 0.252 e. The highest BCUT2D eigenvalue weighted by Gasteiger charge is 2.31. The number of nitrogens with zero attached hydrogens (tertiary/aromatic N) is 4. The molecule has 9 nitrogen and oxygen atoms in total. The normalized spacial score (nSPS) is 18.0. The van der Waals surface area contributed by atoms with Crippen LogP contribution in [0.15, 0.2) is 36.8 Å². The van der Waals surface area contributed by atoms with Gasteiger partial charge in [-0.2, -0.15) is 0 Å². The summed E-state index contributed by atoms with van der Waals surface area (Å²) in [7, 11) is 0. The summed E-state index contributed by atoms with van der Waals surface area (Å²) in [5.41, 5.74) is 3.15. The summed E-state index contributed by atoms with van der Waals surface area (Å²) in [6, 6.07) is 7.74. The number of aromatic nitrogens is 2. The number of rotatable bonds is 7. The first kappa shape index (κ1) is 23.1. The van der Waals surface area contributed by atoms with Gasteiger partial charge in [0.15, 0.2) is 0 Å². The summed E-state index contributed by atoms with van der Waals surface area (Å²) in [5.74, 6) is 0.225. The van der Waals surface area contributed by atoms with Gasteiger partial charge in [0.1, 0.15) is 24.4 Å². The van der Waals surface area contributed by atoms with Crippen LogP contribution in [0.5, 0.6) is 0 Å². The molecule has 1 aromatic carbocycles. The molecule has 33 heavy (non-hydrogen) atoms. The number of carbonyl (C=O) groups excluding carboxylic acids is 2. The van der Waals surface area contributed by atoms with E-state index in [1.807, 2.05) is 31.2 Å². The van der Waals surface area contributed by atoms with Gasteiger partial charge in [0.05, 0.1) is 0 Å². The molecule has 2 unspecified atom stereocenters. The van der Waals surface area contributed by atoms with Crippen LogP contribution >= 0.6 is 0 Å². The molecular weight excluding hydrogens is 422 g/mol. The lowest BCUT2D eigenvalue weighted by Crippen LogP contribution is -2.44. The van der Waals surface area contributed by atoms with Gasteiger partial charge in [-0.25, -0.2) is 9.97 Å². The number of benzene rings is 1. The van der Waals surface area contributed by atoms with Crippen LogP contribution < -0.4 is 10.2 Å². The SMILES string of the molecule is Cc1cncnc1N1CCC(CNC(=O)C(O)CC(O)C(=O)N2Cc3ccccc3C2)CC1. The zero-order chi connectivity index (χ0) is 23.4. The highest BCUT2D eigenvalue weighted by Crippen LogP contribution is 2.24. The van der Waals surface area contributed by atoms with Crippen molar-refractivity contribution >= 4 is 17.6 Å². The number of hydrogen-bond acceptors (Lipinski definition) is 7. The van der Waals surface area contributed by atoms with E-state index in [1.165, 1.54) is 0 Å². The number of piperidine rings is 1. The fourth-order valence-electron chi connectivity index (χ4n) is 4.55. The maximum atomic E-state index is 12.6. The quantitative estimate of drug-likeness (QED) is 0.567. The Balaban J connectivity index is 1.19. The fourth-order valence-corrected chi connectivity index (χ4v) is 4.55. The number of amides is 2. The fraction of sp³-hybridized carbons (Fsp3) is 0.500. The van der Waals surface area contributed by atoms with Crippen LogP contribution in [-0.4, -0.2) is 68.7 Å². The summed E-state index contributed by atoms with van der Waals surface area (Å²) >= 11 is 0. The average Bonchev–Trinajstić information content (AvgIpc) is 3.27. The molecule has 0 spiro atoms. The van der Waals surface area contributed by atoms with Crippen molar-refractivity contribution in [2.75, 3.05) is 24.5 Å². The molecule has 0 aliphatic carbocycles. The number of carbonyl (C=O) groups is 2. The summed E-state index contributed by atoms with van der Waals surface area (Å²) in [6.07, 6.45) is 1.99. The van der Waals surface area contributed by atoms with Crippen LogP contribution in [0.1, 0.15) is 36.0 Å². The van der Waals surface area contributed by atoms with Gasteiger partial charge in [0.2, 0.25) is 5.91 Å². The van der Waals surface area contributed by atoms with Crippen molar-refractivity contribution in [2.24, 2.45) is 5.92 Å². The summed E-state index contributed by atoms with van der Waals surface area (Å²) < 4.78 is 0. The van der Waals surface area contributed by atoms with E-state index in [4.69, 9.17) is 0 Å². The van der Waals surface area contributed by atoms with Crippen LogP contribution in [0.2, 0.25) is 0 Å². The largest absolute Gasteiger partial charge is 0.383 e. The number of aliphatic hydroxyl groups excluding tert-OH is 2. The molecule has 2 aliphatic heterocycles. The van der Waals surface area contributed by atoms with Gasteiger partial charge in [-0.1, -0.05) is 24.3 Å². The van der Waals surface area contributed by atoms with Gasteiger partial charge in [-0.3, -0.25) is 9.59 Å². The number of anilines is 1. The minimum absolute atomic E-state index is 0.300. The lowest BCUT2D eigenvalue weighted by Gasteiger charge is -2.33. The molecular formula is C24H31N5O4. The Kier molecular flexibility index (Phi) is 7.20. The maximum absolute atomic E-state index is 12.6. The Morgan fingerprint density at radius 1 is 1.12 bits per heavy atom. The van der Waals surface area contributed by atoms with E-state index in [9.17, 15) is 19.8 Å². The third kappa shape index (κ3) is 5.48. The van der Waals surface area contributed by atoms with Crippen molar-refractivity contribution in [3.8, 4) is 0 Å². The molecule has 1 saturated heterocycles. The molecule has 1 fully saturated rings.